The Morgan fingerprint density at radius 3 is 2.56 bits per heavy atom. The van der Waals surface area contributed by atoms with Crippen molar-refractivity contribution < 1.29 is 24.5 Å². The van der Waals surface area contributed by atoms with Crippen LogP contribution in [0.3, 0.4) is 0 Å². The van der Waals surface area contributed by atoms with Gasteiger partial charge in [-0.15, -0.1) is 0 Å². The maximum absolute atomic E-state index is 12.3. The summed E-state index contributed by atoms with van der Waals surface area (Å²) in [5, 5.41) is 30.1. The van der Waals surface area contributed by atoms with E-state index in [0.717, 1.165) is 18.9 Å². The molecule has 1 atom stereocenters. The highest BCUT2D eigenvalue weighted by Crippen LogP contribution is 2.40. The van der Waals surface area contributed by atoms with Gasteiger partial charge >= 0.3 is 5.63 Å². The van der Waals surface area contributed by atoms with Gasteiger partial charge < -0.3 is 19.7 Å². The van der Waals surface area contributed by atoms with Gasteiger partial charge in [0, 0.05) is 24.5 Å². The van der Waals surface area contributed by atoms with E-state index in [0.29, 0.717) is 23.1 Å². The second-order valence-corrected chi connectivity index (χ2v) is 6.37. The van der Waals surface area contributed by atoms with Gasteiger partial charge in [0.2, 0.25) is 0 Å². The number of aliphatic hydroxyl groups excluding tert-OH is 1. The zero-order valence-electron chi connectivity index (χ0n) is 13.9. The first-order chi connectivity index (χ1) is 11.9. The largest absolute Gasteiger partial charge is 0.508 e. The molecule has 1 aliphatic rings. The zero-order valence-corrected chi connectivity index (χ0v) is 13.9. The van der Waals surface area contributed by atoms with Crippen LogP contribution in [0.2, 0.25) is 0 Å². The molecule has 3 rings (SSSR count). The number of carbonyl (C=O) groups excluding carboxylic acids is 1. The van der Waals surface area contributed by atoms with Crippen molar-refractivity contribution in [3.8, 4) is 22.8 Å². The summed E-state index contributed by atoms with van der Waals surface area (Å²) in [5.74, 6) is -0.576. The van der Waals surface area contributed by atoms with Gasteiger partial charge in [-0.3, -0.25) is 4.79 Å². The third-order valence-corrected chi connectivity index (χ3v) is 4.43. The molecule has 0 unspecified atom stereocenters. The average Bonchev–Trinajstić information content (AvgIpc) is 2.50. The van der Waals surface area contributed by atoms with Gasteiger partial charge in [0.15, 0.2) is 5.78 Å². The normalized spacial score (nSPS) is 16.7. The van der Waals surface area contributed by atoms with E-state index in [2.05, 4.69) is 0 Å². The topological polar surface area (TPSA) is 108 Å². The standard InChI is InChI=1S/C19H20O6/c1-2-3-4-10-5-14(22)19-13(6-11(20)7-15(19)23)18(10)16-8-12(21)9-17(24)25-16/h5,8-9,11,20-22H,2-4,6-7H2,1H3/t11-/m1/s1. The number of benzene rings is 1. The number of aryl methyl sites for hydroxylation is 1. The van der Waals surface area contributed by atoms with Crippen molar-refractivity contribution in [3.05, 3.63) is 45.3 Å². The Labute approximate surface area is 144 Å². The van der Waals surface area contributed by atoms with Crippen molar-refractivity contribution in [2.75, 3.05) is 0 Å². The van der Waals surface area contributed by atoms with Crippen LogP contribution in [0.1, 0.15) is 47.7 Å². The van der Waals surface area contributed by atoms with Crippen LogP contribution < -0.4 is 5.63 Å². The molecular formula is C19H20O6. The van der Waals surface area contributed by atoms with E-state index in [1.165, 1.54) is 12.1 Å². The first-order valence-electron chi connectivity index (χ1n) is 8.34. The molecule has 3 N–H and O–H groups in total. The number of phenols is 1. The molecule has 1 aromatic heterocycles. The number of rotatable bonds is 4. The molecule has 0 saturated carbocycles. The molecule has 0 bridgehead atoms. The van der Waals surface area contributed by atoms with Crippen LogP contribution in [-0.4, -0.2) is 27.2 Å². The van der Waals surface area contributed by atoms with Crippen LogP contribution in [0, 0.1) is 0 Å². The first kappa shape index (κ1) is 17.2. The number of aliphatic hydroxyl groups is 1. The Bertz CT molecular complexity index is 880. The number of hydrogen-bond acceptors (Lipinski definition) is 6. The second kappa shape index (κ2) is 6.72. The summed E-state index contributed by atoms with van der Waals surface area (Å²) in [6.45, 7) is 2.03. The van der Waals surface area contributed by atoms with Crippen molar-refractivity contribution in [1.29, 1.82) is 0 Å². The minimum atomic E-state index is -0.858. The van der Waals surface area contributed by atoms with E-state index in [9.17, 15) is 24.9 Å². The number of unbranched alkanes of at least 4 members (excludes halogenated alkanes) is 1. The van der Waals surface area contributed by atoms with Crippen LogP contribution in [0.4, 0.5) is 0 Å². The van der Waals surface area contributed by atoms with E-state index >= 15 is 0 Å². The molecule has 6 heteroatoms. The second-order valence-electron chi connectivity index (χ2n) is 6.37. The summed E-state index contributed by atoms with van der Waals surface area (Å²) in [4.78, 5) is 24.0. The van der Waals surface area contributed by atoms with Gasteiger partial charge in [-0.05, 0) is 30.0 Å². The molecule has 0 amide bonds. The van der Waals surface area contributed by atoms with E-state index in [4.69, 9.17) is 4.42 Å². The number of phenolic OH excluding ortho intramolecular Hbond substituents is 1. The monoisotopic (exact) mass is 344 g/mol. The molecule has 1 aromatic carbocycles. The summed E-state index contributed by atoms with van der Waals surface area (Å²) in [5.41, 5.74) is 1.13. The Hall–Kier alpha value is -2.60. The van der Waals surface area contributed by atoms with Crippen LogP contribution in [-0.2, 0) is 12.8 Å². The fourth-order valence-electron chi connectivity index (χ4n) is 3.38. The SMILES string of the molecule is CCCCc1cc(O)c2c(c1-c1cc(O)cc(=O)o1)C[C@@H](O)CC2=O. The number of aromatic hydroxyl groups is 2. The molecule has 0 saturated heterocycles. The quantitative estimate of drug-likeness (QED) is 0.787. The van der Waals surface area contributed by atoms with Gasteiger partial charge in [0.05, 0.1) is 17.7 Å². The maximum Gasteiger partial charge on any atom is 0.339 e. The Morgan fingerprint density at radius 2 is 1.88 bits per heavy atom. The lowest BCUT2D eigenvalue weighted by Gasteiger charge is -2.25. The van der Waals surface area contributed by atoms with Crippen LogP contribution in [0.5, 0.6) is 11.5 Å². The number of Topliss-reactive ketones (excluding diaryl/α,β-unsaturated/α-hetero) is 1. The van der Waals surface area contributed by atoms with Crippen molar-refractivity contribution in [2.24, 2.45) is 0 Å². The Balaban J connectivity index is 2.31. The number of fused-ring (bicyclic) bond motifs is 1. The van der Waals surface area contributed by atoms with Gasteiger partial charge in [0.25, 0.3) is 0 Å². The third-order valence-electron chi connectivity index (χ3n) is 4.43. The molecular weight excluding hydrogens is 324 g/mol. The zero-order chi connectivity index (χ0) is 18.1. The van der Waals surface area contributed by atoms with Gasteiger partial charge in [-0.25, -0.2) is 4.79 Å². The summed E-state index contributed by atoms with van der Waals surface area (Å²) in [6, 6.07) is 3.79. The average molecular weight is 344 g/mol. The van der Waals surface area contributed by atoms with E-state index in [1.54, 1.807) is 0 Å². The van der Waals surface area contributed by atoms with Crippen LogP contribution in [0.25, 0.3) is 11.3 Å². The summed E-state index contributed by atoms with van der Waals surface area (Å²) in [6.07, 6.45) is 1.62. The van der Waals surface area contributed by atoms with E-state index < -0.39 is 11.7 Å². The molecule has 0 radical (unpaired) electrons. The molecule has 132 valence electrons. The highest BCUT2D eigenvalue weighted by atomic mass is 16.4. The molecule has 6 nitrogen and oxygen atoms in total. The number of hydrogen-bond donors (Lipinski definition) is 3. The molecule has 2 aromatic rings. The highest BCUT2D eigenvalue weighted by molar-refractivity contribution is 6.03. The first-order valence-corrected chi connectivity index (χ1v) is 8.34. The molecule has 0 spiro atoms. The van der Waals surface area contributed by atoms with Gasteiger partial charge in [-0.2, -0.15) is 0 Å². The molecule has 25 heavy (non-hydrogen) atoms. The van der Waals surface area contributed by atoms with E-state index in [1.807, 2.05) is 6.92 Å². The van der Waals surface area contributed by atoms with Crippen molar-refractivity contribution >= 4 is 5.78 Å². The fraction of sp³-hybridized carbons (Fsp3) is 0.368. The van der Waals surface area contributed by atoms with Crippen molar-refractivity contribution in [2.45, 2.75) is 45.1 Å². The number of carbonyl (C=O) groups is 1. The van der Waals surface area contributed by atoms with Crippen molar-refractivity contribution in [1.82, 2.24) is 0 Å². The fourth-order valence-corrected chi connectivity index (χ4v) is 3.38. The van der Waals surface area contributed by atoms with Crippen molar-refractivity contribution in [3.63, 3.8) is 0 Å². The summed E-state index contributed by atoms with van der Waals surface area (Å²) >= 11 is 0. The summed E-state index contributed by atoms with van der Waals surface area (Å²) in [7, 11) is 0. The smallest absolute Gasteiger partial charge is 0.339 e. The Morgan fingerprint density at radius 1 is 1.12 bits per heavy atom. The van der Waals surface area contributed by atoms with Crippen LogP contribution >= 0.6 is 0 Å². The van der Waals surface area contributed by atoms with Gasteiger partial charge in [0.1, 0.15) is 17.3 Å². The Kier molecular flexibility index (Phi) is 4.63. The molecule has 1 heterocycles. The predicted molar refractivity (Wildman–Crippen MR) is 91.0 cm³/mol. The lowest BCUT2D eigenvalue weighted by molar-refractivity contribution is 0.0850. The van der Waals surface area contributed by atoms with E-state index in [-0.39, 0.29) is 41.4 Å². The minimum absolute atomic E-state index is 0.0572. The lowest BCUT2D eigenvalue weighted by Crippen LogP contribution is -2.25. The number of ketones is 1. The lowest BCUT2D eigenvalue weighted by atomic mass is 9.81. The third kappa shape index (κ3) is 3.30. The predicted octanol–water partition coefficient (Wildman–Crippen LogP) is 2.55. The van der Waals surface area contributed by atoms with Gasteiger partial charge in [-0.1, -0.05) is 13.3 Å². The molecule has 0 fully saturated rings. The molecule has 0 aliphatic heterocycles. The maximum atomic E-state index is 12.3. The summed E-state index contributed by atoms with van der Waals surface area (Å²) < 4.78 is 5.25. The van der Waals surface area contributed by atoms with Crippen LogP contribution in [0.15, 0.2) is 27.4 Å². The minimum Gasteiger partial charge on any atom is -0.508 e. The molecule has 1 aliphatic carbocycles. The highest BCUT2D eigenvalue weighted by Gasteiger charge is 2.31.